The van der Waals surface area contributed by atoms with Gasteiger partial charge in [0, 0.05) is 25.3 Å². The Morgan fingerprint density at radius 1 is 0.671 bits per heavy atom. The van der Waals surface area contributed by atoms with Crippen molar-refractivity contribution >= 4 is 5.91 Å². The van der Waals surface area contributed by atoms with E-state index < -0.39 is 97.9 Å². The summed E-state index contributed by atoms with van der Waals surface area (Å²) in [6.45, 7) is 15.6. The number of unbranched alkanes of at least 4 members (excludes halogenated alkanes) is 10. The Morgan fingerprint density at radius 2 is 1.29 bits per heavy atom. The molecule has 9 rings (SSSR count). The normalized spacial score (nSPS) is 49.1. The smallest absolute Gasteiger partial charge is 0.220 e. The van der Waals surface area contributed by atoms with Gasteiger partial charge in [0.05, 0.1) is 31.0 Å². The summed E-state index contributed by atoms with van der Waals surface area (Å²) < 4.78 is 51.8. The second-order valence-electron chi connectivity index (χ2n) is 26.0. The molecule has 5 heterocycles. The van der Waals surface area contributed by atoms with Crippen LogP contribution in [0, 0.1) is 46.3 Å². The van der Waals surface area contributed by atoms with E-state index in [1.54, 1.807) is 0 Å². The summed E-state index contributed by atoms with van der Waals surface area (Å²) in [4.78, 5) is 13.5. The number of aliphatic hydroxyl groups excluding tert-OH is 7. The van der Waals surface area contributed by atoms with Crippen molar-refractivity contribution in [1.82, 2.24) is 5.32 Å². The van der Waals surface area contributed by atoms with Gasteiger partial charge in [0.2, 0.25) is 5.91 Å². The van der Waals surface area contributed by atoms with E-state index in [1.165, 1.54) is 64.4 Å². The van der Waals surface area contributed by atoms with Crippen LogP contribution in [0.4, 0.5) is 0 Å². The zero-order valence-corrected chi connectivity index (χ0v) is 46.9. The minimum absolute atomic E-state index is 0.0378. The van der Waals surface area contributed by atoms with Crippen molar-refractivity contribution in [3.8, 4) is 0 Å². The van der Waals surface area contributed by atoms with Crippen molar-refractivity contribution in [3.63, 3.8) is 0 Å². The van der Waals surface area contributed by atoms with E-state index in [0.717, 1.165) is 70.8 Å². The third kappa shape index (κ3) is 11.9. The monoisotopic (exact) mass is 1080 g/mol. The molecule has 17 heteroatoms. The summed E-state index contributed by atoms with van der Waals surface area (Å²) in [7, 11) is 0. The van der Waals surface area contributed by atoms with Crippen LogP contribution in [-0.4, -0.2) is 165 Å². The van der Waals surface area contributed by atoms with Crippen LogP contribution in [0.3, 0.4) is 0 Å². The highest BCUT2D eigenvalue weighted by Crippen LogP contribution is 2.71. The molecule has 0 radical (unpaired) electrons. The highest BCUT2D eigenvalue weighted by molar-refractivity contribution is 5.75. The quantitative estimate of drug-likeness (QED) is 0.0510. The van der Waals surface area contributed by atoms with E-state index in [-0.39, 0.29) is 35.5 Å². The maximum atomic E-state index is 13.5. The maximum absolute atomic E-state index is 13.5. The number of hydrogen-bond acceptors (Lipinski definition) is 16. The summed E-state index contributed by atoms with van der Waals surface area (Å²) >= 11 is 0. The largest absolute Gasteiger partial charge is 0.388 e. The number of fused-ring (bicyclic) bond motifs is 7. The number of rotatable bonds is 20. The first-order valence-electron chi connectivity index (χ1n) is 30.3. The average Bonchev–Trinajstić information content (AvgIpc) is 3.85. The first-order chi connectivity index (χ1) is 36.3. The molecule has 0 unspecified atom stereocenters. The van der Waals surface area contributed by atoms with Gasteiger partial charge in [-0.25, -0.2) is 0 Å². The van der Waals surface area contributed by atoms with Crippen LogP contribution in [0.15, 0.2) is 11.6 Å². The standard InChI is InChI=1S/C59H99NO16/c1-8-9-10-11-12-13-14-15-16-17-18-19-43(61)60-30-42-52(74-54-49(66)47(64)45(62)34(4)70-54)51(68)53(75-55-50(67)48(65)46(63)35(5)71-55)56(73-42)72-37-23-25-57(6)36(28-37)20-21-38-39(57)24-26-58(7)40(38)29-41-44(58)33(3)59(76-41)27-22-32(2)31-69-59/h20,32-35,37-42,44-56,62-68H,8-19,21-31H2,1-7H3,(H,60,61)/t32-,33+,34-,35-,37+,38-,39+,40+,41+,42-,44+,45-,46-,47+,48+,49+,50+,51+,52-,53-,54-,55-,56-,57+,58+,59-/m1/s1. The van der Waals surface area contributed by atoms with E-state index >= 15 is 0 Å². The third-order valence-corrected chi connectivity index (χ3v) is 21.0. The number of ether oxygens (including phenoxy) is 8. The molecule has 9 aliphatic rings. The molecular weight excluding hydrogens is 979 g/mol. The summed E-state index contributed by atoms with van der Waals surface area (Å²) in [5, 5.41) is 80.5. The lowest BCUT2D eigenvalue weighted by Crippen LogP contribution is -2.67. The third-order valence-electron chi connectivity index (χ3n) is 21.0. The highest BCUT2D eigenvalue weighted by Gasteiger charge is 2.69. The minimum atomic E-state index is -1.72. The molecule has 5 aliphatic heterocycles. The molecule has 76 heavy (non-hydrogen) atoms. The summed E-state index contributed by atoms with van der Waals surface area (Å²) in [6, 6.07) is 0. The fourth-order valence-corrected chi connectivity index (χ4v) is 16.2. The molecular formula is C59H99NO16. The number of amides is 1. The molecule has 0 aromatic carbocycles. The van der Waals surface area contributed by atoms with Gasteiger partial charge in [-0.3, -0.25) is 4.79 Å². The molecule has 0 aromatic heterocycles. The number of hydrogen-bond donors (Lipinski definition) is 8. The predicted octanol–water partition coefficient (Wildman–Crippen LogP) is 6.07. The van der Waals surface area contributed by atoms with E-state index in [9.17, 15) is 40.5 Å². The number of aliphatic hydroxyl groups is 7. The number of allylic oxidation sites excluding steroid dienone is 1. The average molecular weight is 1080 g/mol. The Kier molecular flexibility index (Phi) is 19.5. The lowest BCUT2D eigenvalue weighted by molar-refractivity contribution is -0.386. The van der Waals surface area contributed by atoms with Crippen LogP contribution in [0.5, 0.6) is 0 Å². The molecule has 0 bridgehead atoms. The highest BCUT2D eigenvalue weighted by atomic mass is 16.8. The number of carbonyl (C=O) groups excluding carboxylic acids is 1. The lowest BCUT2D eigenvalue weighted by atomic mass is 9.47. The van der Waals surface area contributed by atoms with Crippen molar-refractivity contribution < 1.29 is 78.4 Å². The molecule has 3 saturated carbocycles. The van der Waals surface area contributed by atoms with E-state index in [2.05, 4.69) is 46.0 Å². The van der Waals surface area contributed by atoms with E-state index in [4.69, 9.17) is 37.9 Å². The molecule has 0 aromatic rings. The molecule has 8 fully saturated rings. The van der Waals surface area contributed by atoms with Gasteiger partial charge in [0.25, 0.3) is 0 Å². The Balaban J connectivity index is 0.896. The molecule has 8 N–H and O–H groups in total. The van der Waals surface area contributed by atoms with Crippen molar-refractivity contribution in [2.45, 2.75) is 293 Å². The number of carbonyl (C=O) groups is 1. The Bertz CT molecular complexity index is 1920. The van der Waals surface area contributed by atoms with Gasteiger partial charge in [-0.1, -0.05) is 110 Å². The lowest BCUT2D eigenvalue weighted by Gasteiger charge is -2.59. The van der Waals surface area contributed by atoms with Gasteiger partial charge < -0.3 is 79.0 Å². The van der Waals surface area contributed by atoms with Crippen LogP contribution in [-0.2, 0) is 42.7 Å². The first kappa shape index (κ1) is 59.2. The molecule has 5 saturated heterocycles. The summed E-state index contributed by atoms with van der Waals surface area (Å²) in [5.41, 5.74) is 1.50. The fourth-order valence-electron chi connectivity index (χ4n) is 16.2. The SMILES string of the molecule is CCCCCCCCCCCCCC(=O)NC[C@H]1O[C@@H](O[C@H]2CC[C@@]3(C)C(=CC[C@H]4[C@@H]5C[C@@H]6O[C@]7(CC[C@@H](C)CO7)[C@@H](C)[C@@H]6[C@@]5(C)CC[C@@H]43)C2)[C@H](O[C@H]2O[C@H](C)[C@@H](O)[C@H](O)[C@@H]2O)[C@@H](O)[C@@H]1O[C@H]1O[C@H](C)[C@@H](O)[C@H](O)[C@@H]1O. The number of nitrogens with one attached hydrogen (secondary N) is 1. The van der Waals surface area contributed by atoms with Crippen LogP contribution in [0.2, 0.25) is 0 Å². The molecule has 4 aliphatic carbocycles. The van der Waals surface area contributed by atoms with Crippen LogP contribution >= 0.6 is 0 Å². The zero-order chi connectivity index (χ0) is 54.3. The summed E-state index contributed by atoms with van der Waals surface area (Å²) in [5.74, 6) is 2.36. The summed E-state index contributed by atoms with van der Waals surface area (Å²) in [6.07, 6.45) is 2.51. The van der Waals surface area contributed by atoms with E-state index in [0.29, 0.717) is 61.2 Å². The molecule has 26 atom stereocenters. The van der Waals surface area contributed by atoms with Gasteiger partial charge in [-0.05, 0) is 112 Å². The zero-order valence-electron chi connectivity index (χ0n) is 46.9. The molecule has 17 nitrogen and oxygen atoms in total. The van der Waals surface area contributed by atoms with Crippen LogP contribution in [0.25, 0.3) is 0 Å². The van der Waals surface area contributed by atoms with Gasteiger partial charge >= 0.3 is 0 Å². The topological polar surface area (TPSA) is 245 Å². The van der Waals surface area contributed by atoms with Gasteiger partial charge in [0.15, 0.2) is 24.7 Å². The van der Waals surface area contributed by atoms with Crippen molar-refractivity contribution in [2.75, 3.05) is 13.2 Å². The minimum Gasteiger partial charge on any atom is -0.388 e. The predicted molar refractivity (Wildman–Crippen MR) is 280 cm³/mol. The van der Waals surface area contributed by atoms with Gasteiger partial charge in [-0.15, -0.1) is 0 Å². The first-order valence-corrected chi connectivity index (χ1v) is 30.3. The molecule has 1 amide bonds. The second kappa shape index (κ2) is 25.0. The van der Waals surface area contributed by atoms with Gasteiger partial charge in [0.1, 0.15) is 61.0 Å². The van der Waals surface area contributed by atoms with E-state index in [1.807, 2.05) is 0 Å². The Hall–Kier alpha value is -1.39. The molecule has 436 valence electrons. The van der Waals surface area contributed by atoms with Crippen LogP contribution < -0.4 is 5.32 Å². The second-order valence-corrected chi connectivity index (χ2v) is 26.0. The van der Waals surface area contributed by atoms with Gasteiger partial charge in [-0.2, -0.15) is 0 Å². The Morgan fingerprint density at radius 3 is 1.91 bits per heavy atom. The van der Waals surface area contributed by atoms with Crippen molar-refractivity contribution in [3.05, 3.63) is 11.6 Å². The maximum Gasteiger partial charge on any atom is 0.220 e. The van der Waals surface area contributed by atoms with Crippen LogP contribution in [0.1, 0.15) is 183 Å². The van der Waals surface area contributed by atoms with Crippen molar-refractivity contribution in [1.29, 1.82) is 0 Å². The van der Waals surface area contributed by atoms with Crippen molar-refractivity contribution in [2.24, 2.45) is 46.3 Å². The Labute approximate surface area is 452 Å². The fraction of sp³-hybridized carbons (Fsp3) is 0.949. The molecule has 1 spiro atoms.